The van der Waals surface area contributed by atoms with E-state index < -0.39 is 23.5 Å². The van der Waals surface area contributed by atoms with Crippen LogP contribution in [0.3, 0.4) is 0 Å². The molecule has 2 unspecified atom stereocenters. The zero-order valence-electron chi connectivity index (χ0n) is 18.5. The highest BCUT2D eigenvalue weighted by atomic mass is 16.6. The molecule has 2 aromatic carbocycles. The Kier molecular flexibility index (Phi) is 6.65. The molecule has 174 valence electrons. The fourth-order valence-corrected chi connectivity index (χ4v) is 4.54. The van der Waals surface area contributed by atoms with Gasteiger partial charge in [0.2, 0.25) is 5.91 Å². The fraction of sp³-hybridized carbons (Fsp3) is 0.400. The molecule has 1 aliphatic heterocycles. The van der Waals surface area contributed by atoms with Crippen molar-refractivity contribution < 1.29 is 29.0 Å². The van der Waals surface area contributed by atoms with Gasteiger partial charge in [-0.1, -0.05) is 55.5 Å². The molecular weight excluding hydrogens is 424 g/mol. The predicted molar refractivity (Wildman–Crippen MR) is 121 cm³/mol. The molecule has 0 spiro atoms. The van der Waals surface area contributed by atoms with Crippen LogP contribution in [-0.4, -0.2) is 55.0 Å². The normalized spacial score (nSPS) is 19.9. The summed E-state index contributed by atoms with van der Waals surface area (Å²) in [6.07, 6.45) is -0.420. The molecule has 0 aromatic heterocycles. The van der Waals surface area contributed by atoms with Crippen molar-refractivity contribution in [2.75, 3.05) is 26.4 Å². The van der Waals surface area contributed by atoms with E-state index >= 15 is 0 Å². The molecule has 4 rings (SSSR count). The topological polar surface area (TPSA) is 114 Å². The Morgan fingerprint density at radius 3 is 2.33 bits per heavy atom. The maximum absolute atomic E-state index is 12.9. The van der Waals surface area contributed by atoms with Gasteiger partial charge in [0.1, 0.15) is 12.1 Å². The predicted octanol–water partition coefficient (Wildman–Crippen LogP) is 2.91. The van der Waals surface area contributed by atoms with Crippen LogP contribution in [0.15, 0.2) is 48.5 Å². The van der Waals surface area contributed by atoms with E-state index in [1.807, 2.05) is 36.4 Å². The first-order chi connectivity index (χ1) is 15.9. The second-order valence-corrected chi connectivity index (χ2v) is 8.75. The number of alkyl carbamates (subject to hydrolysis) is 1. The third-order valence-corrected chi connectivity index (χ3v) is 6.28. The SMILES string of the molecule is CC(CNC(=O)C1(NC(=O)OCC2c3ccccc3-c3ccccc32)CCOC1)CC(=O)O. The van der Waals surface area contributed by atoms with Crippen molar-refractivity contribution in [1.82, 2.24) is 10.6 Å². The van der Waals surface area contributed by atoms with Gasteiger partial charge >= 0.3 is 12.1 Å². The summed E-state index contributed by atoms with van der Waals surface area (Å²) in [4.78, 5) is 36.4. The number of ether oxygens (including phenoxy) is 2. The summed E-state index contributed by atoms with van der Waals surface area (Å²) in [5.74, 6) is -1.64. The van der Waals surface area contributed by atoms with Crippen molar-refractivity contribution in [3.63, 3.8) is 0 Å². The first-order valence-electron chi connectivity index (χ1n) is 11.1. The van der Waals surface area contributed by atoms with Gasteiger partial charge in [0.25, 0.3) is 0 Å². The number of carbonyl (C=O) groups is 3. The van der Waals surface area contributed by atoms with Crippen LogP contribution in [0.1, 0.15) is 36.8 Å². The van der Waals surface area contributed by atoms with Crippen LogP contribution in [0.2, 0.25) is 0 Å². The number of carbonyl (C=O) groups excluding carboxylic acids is 2. The first kappa shape index (κ1) is 22.8. The third-order valence-electron chi connectivity index (χ3n) is 6.28. The van der Waals surface area contributed by atoms with E-state index in [0.29, 0.717) is 13.0 Å². The van der Waals surface area contributed by atoms with Gasteiger partial charge in [0, 0.05) is 31.9 Å². The van der Waals surface area contributed by atoms with E-state index in [2.05, 4.69) is 22.8 Å². The second-order valence-electron chi connectivity index (χ2n) is 8.75. The number of benzene rings is 2. The molecule has 1 heterocycles. The summed E-state index contributed by atoms with van der Waals surface area (Å²) >= 11 is 0. The number of hydrogen-bond donors (Lipinski definition) is 3. The number of aliphatic carboxylic acids is 1. The highest BCUT2D eigenvalue weighted by Crippen LogP contribution is 2.44. The molecule has 0 radical (unpaired) electrons. The highest BCUT2D eigenvalue weighted by Gasteiger charge is 2.44. The molecule has 2 amide bonds. The summed E-state index contributed by atoms with van der Waals surface area (Å²) in [7, 11) is 0. The zero-order chi connectivity index (χ0) is 23.4. The number of carboxylic acid groups (broad SMARTS) is 1. The van der Waals surface area contributed by atoms with Crippen LogP contribution >= 0.6 is 0 Å². The van der Waals surface area contributed by atoms with Crippen molar-refractivity contribution in [1.29, 1.82) is 0 Å². The molecule has 2 aliphatic rings. The Morgan fingerprint density at radius 2 is 1.76 bits per heavy atom. The number of nitrogens with one attached hydrogen (secondary N) is 2. The molecule has 33 heavy (non-hydrogen) atoms. The van der Waals surface area contributed by atoms with E-state index in [1.54, 1.807) is 6.92 Å². The fourth-order valence-electron chi connectivity index (χ4n) is 4.54. The van der Waals surface area contributed by atoms with Crippen LogP contribution in [0.25, 0.3) is 11.1 Å². The smallest absolute Gasteiger partial charge is 0.408 e. The van der Waals surface area contributed by atoms with E-state index in [1.165, 1.54) is 0 Å². The largest absolute Gasteiger partial charge is 0.481 e. The first-order valence-corrected chi connectivity index (χ1v) is 11.1. The maximum atomic E-state index is 12.9. The lowest BCUT2D eigenvalue weighted by Gasteiger charge is -2.28. The van der Waals surface area contributed by atoms with Gasteiger partial charge in [0.05, 0.1) is 6.61 Å². The number of rotatable bonds is 8. The minimum absolute atomic E-state index is 0.0380. The minimum atomic E-state index is -1.23. The van der Waals surface area contributed by atoms with Gasteiger partial charge in [-0.25, -0.2) is 4.79 Å². The maximum Gasteiger partial charge on any atom is 0.408 e. The summed E-state index contributed by atoms with van der Waals surface area (Å²) in [5, 5.41) is 14.4. The molecule has 3 N–H and O–H groups in total. The van der Waals surface area contributed by atoms with E-state index in [0.717, 1.165) is 22.3 Å². The summed E-state index contributed by atoms with van der Waals surface area (Å²) < 4.78 is 11.0. The molecule has 1 saturated heterocycles. The average molecular weight is 453 g/mol. The van der Waals surface area contributed by atoms with Crippen molar-refractivity contribution in [2.45, 2.75) is 31.2 Å². The van der Waals surface area contributed by atoms with Crippen molar-refractivity contribution >= 4 is 18.0 Å². The molecule has 0 bridgehead atoms. The van der Waals surface area contributed by atoms with E-state index in [9.17, 15) is 14.4 Å². The van der Waals surface area contributed by atoms with E-state index in [-0.39, 0.29) is 38.0 Å². The Morgan fingerprint density at radius 1 is 1.12 bits per heavy atom. The monoisotopic (exact) mass is 452 g/mol. The Hall–Kier alpha value is -3.39. The van der Waals surface area contributed by atoms with Crippen molar-refractivity contribution in [2.24, 2.45) is 5.92 Å². The Labute approximate surface area is 192 Å². The van der Waals surface area contributed by atoms with E-state index in [4.69, 9.17) is 14.6 Å². The van der Waals surface area contributed by atoms with Gasteiger partial charge in [-0.3, -0.25) is 9.59 Å². The number of hydrogen-bond acceptors (Lipinski definition) is 5. The quantitative estimate of drug-likeness (QED) is 0.568. The lowest BCUT2D eigenvalue weighted by molar-refractivity contribution is -0.138. The van der Waals surface area contributed by atoms with Crippen molar-refractivity contribution in [3.8, 4) is 11.1 Å². The Balaban J connectivity index is 1.39. The van der Waals surface area contributed by atoms with Crippen LogP contribution in [0, 0.1) is 5.92 Å². The summed E-state index contributed by atoms with van der Waals surface area (Å²) in [6.45, 7) is 2.45. The molecule has 0 saturated carbocycles. The van der Waals surface area contributed by atoms with Crippen LogP contribution < -0.4 is 10.6 Å². The van der Waals surface area contributed by atoms with Crippen LogP contribution in [0.5, 0.6) is 0 Å². The van der Waals surface area contributed by atoms with Crippen molar-refractivity contribution in [3.05, 3.63) is 59.7 Å². The average Bonchev–Trinajstić information content (AvgIpc) is 3.39. The van der Waals surface area contributed by atoms with Gasteiger partial charge in [0.15, 0.2) is 0 Å². The lowest BCUT2D eigenvalue weighted by Crippen LogP contribution is -2.60. The molecule has 8 heteroatoms. The molecule has 1 aliphatic carbocycles. The summed E-state index contributed by atoms with van der Waals surface area (Å²) in [6, 6.07) is 16.1. The van der Waals surface area contributed by atoms with Crippen LogP contribution in [-0.2, 0) is 19.1 Å². The molecule has 2 atom stereocenters. The Bertz CT molecular complexity index is 1000. The zero-order valence-corrected chi connectivity index (χ0v) is 18.5. The molecule has 8 nitrogen and oxygen atoms in total. The molecular formula is C25H28N2O6. The minimum Gasteiger partial charge on any atom is -0.481 e. The molecule has 2 aromatic rings. The standard InChI is InChI=1S/C25H28N2O6/c1-16(12-22(28)29)13-26-23(30)25(10-11-32-15-25)27-24(31)33-14-21-19-8-4-2-6-17(19)18-7-3-5-9-20(18)21/h2-9,16,21H,10-15H2,1H3,(H,26,30)(H,27,31)(H,28,29). The van der Waals surface area contributed by atoms with Gasteiger partial charge in [-0.15, -0.1) is 0 Å². The number of carboxylic acids is 1. The van der Waals surface area contributed by atoms with Gasteiger partial charge < -0.3 is 25.2 Å². The molecule has 1 fully saturated rings. The lowest BCUT2D eigenvalue weighted by atomic mass is 9.97. The van der Waals surface area contributed by atoms with Crippen LogP contribution in [0.4, 0.5) is 4.79 Å². The highest BCUT2D eigenvalue weighted by molar-refractivity contribution is 5.90. The number of fused-ring (bicyclic) bond motifs is 3. The second kappa shape index (κ2) is 9.62. The number of amides is 2. The van der Waals surface area contributed by atoms with Gasteiger partial charge in [-0.05, 0) is 28.2 Å². The summed E-state index contributed by atoms with van der Waals surface area (Å²) in [5.41, 5.74) is 3.26. The van der Waals surface area contributed by atoms with Gasteiger partial charge in [-0.2, -0.15) is 0 Å². The third kappa shape index (κ3) is 4.85.